The van der Waals surface area contributed by atoms with Gasteiger partial charge >= 0.3 is 0 Å². The molecule has 1 amide bonds. The summed E-state index contributed by atoms with van der Waals surface area (Å²) in [6, 6.07) is 0.152. The first-order valence-corrected chi connectivity index (χ1v) is 9.37. The van der Waals surface area contributed by atoms with E-state index in [-0.39, 0.29) is 23.3 Å². The van der Waals surface area contributed by atoms with Gasteiger partial charge in [0.15, 0.2) is 0 Å². The van der Waals surface area contributed by atoms with E-state index in [0.29, 0.717) is 31.1 Å². The maximum absolute atomic E-state index is 13.3. The van der Waals surface area contributed by atoms with Crippen LogP contribution in [-0.2, 0) is 9.47 Å². The van der Waals surface area contributed by atoms with Crippen LogP contribution < -0.4 is 5.73 Å². The van der Waals surface area contributed by atoms with Crippen molar-refractivity contribution in [3.8, 4) is 0 Å². The summed E-state index contributed by atoms with van der Waals surface area (Å²) in [4.78, 5) is 23.6. The molecule has 140 valence electrons. The van der Waals surface area contributed by atoms with Gasteiger partial charge in [0.25, 0.3) is 5.91 Å². The highest BCUT2D eigenvalue weighted by molar-refractivity contribution is 5.95. The molecule has 0 unspecified atom stereocenters. The van der Waals surface area contributed by atoms with Crippen LogP contribution in [0.15, 0.2) is 17.8 Å². The third kappa shape index (κ3) is 2.89. The molecule has 3 aliphatic heterocycles. The molecule has 26 heavy (non-hydrogen) atoms. The van der Waals surface area contributed by atoms with Gasteiger partial charge in [-0.3, -0.25) is 4.79 Å². The lowest BCUT2D eigenvalue weighted by Crippen LogP contribution is -2.59. The van der Waals surface area contributed by atoms with Crippen LogP contribution in [0.3, 0.4) is 0 Å². The summed E-state index contributed by atoms with van der Waals surface area (Å²) in [6.07, 6.45) is 7.58. The van der Waals surface area contributed by atoms with Gasteiger partial charge in [-0.05, 0) is 32.6 Å². The molecule has 4 heterocycles. The smallest absolute Gasteiger partial charge is 0.257 e. The molecule has 0 radical (unpaired) electrons. The summed E-state index contributed by atoms with van der Waals surface area (Å²) in [5.74, 6) is 0.205. The van der Waals surface area contributed by atoms with Gasteiger partial charge in [0, 0.05) is 30.8 Å². The number of piperidine rings is 1. The van der Waals surface area contributed by atoms with Crippen LogP contribution in [0.25, 0.3) is 0 Å². The van der Waals surface area contributed by atoms with Gasteiger partial charge in [-0.1, -0.05) is 11.6 Å². The molecule has 1 aromatic rings. The fourth-order valence-corrected chi connectivity index (χ4v) is 4.77. The predicted octanol–water partition coefficient (Wildman–Crippen LogP) is 1.73. The summed E-state index contributed by atoms with van der Waals surface area (Å²) >= 11 is 0. The molecule has 3 aliphatic rings. The van der Waals surface area contributed by atoms with Crippen LogP contribution in [0.4, 0.5) is 5.95 Å². The maximum atomic E-state index is 13.3. The molecule has 0 saturated carbocycles. The SMILES string of the molecule is Cc1nc(N)ncc1C(=O)N1CCC[C@@]2(C3=CCOCC3)COCC[C@H]12. The number of ether oxygens (including phenoxy) is 2. The Kier molecular flexibility index (Phi) is 4.67. The lowest BCUT2D eigenvalue weighted by atomic mass is 9.65. The Morgan fingerprint density at radius 3 is 3.04 bits per heavy atom. The van der Waals surface area contributed by atoms with Gasteiger partial charge in [-0.15, -0.1) is 0 Å². The van der Waals surface area contributed by atoms with Gasteiger partial charge in [0.1, 0.15) is 0 Å². The van der Waals surface area contributed by atoms with Crippen molar-refractivity contribution in [2.45, 2.75) is 38.6 Å². The minimum absolute atomic E-state index is 0.00568. The Hall–Kier alpha value is -1.99. The first kappa shape index (κ1) is 17.4. The van der Waals surface area contributed by atoms with Crippen molar-refractivity contribution in [2.24, 2.45) is 5.41 Å². The predicted molar refractivity (Wildman–Crippen MR) is 96.6 cm³/mol. The van der Waals surface area contributed by atoms with Crippen molar-refractivity contribution in [1.29, 1.82) is 0 Å². The van der Waals surface area contributed by atoms with E-state index in [0.717, 1.165) is 38.8 Å². The number of nitrogen functional groups attached to an aromatic ring is 1. The zero-order chi connectivity index (χ0) is 18.1. The molecule has 7 nitrogen and oxygen atoms in total. The maximum Gasteiger partial charge on any atom is 0.257 e. The fourth-order valence-electron chi connectivity index (χ4n) is 4.77. The molecule has 2 atom stereocenters. The third-order valence-electron chi connectivity index (χ3n) is 6.02. The van der Waals surface area contributed by atoms with E-state index < -0.39 is 0 Å². The summed E-state index contributed by atoms with van der Waals surface area (Å²) in [5, 5.41) is 0. The normalized spacial score (nSPS) is 29.0. The van der Waals surface area contributed by atoms with Crippen molar-refractivity contribution < 1.29 is 14.3 Å². The first-order chi connectivity index (χ1) is 12.6. The summed E-state index contributed by atoms with van der Waals surface area (Å²) in [7, 11) is 0. The second-order valence-electron chi connectivity index (χ2n) is 7.40. The molecule has 0 aromatic carbocycles. The minimum Gasteiger partial charge on any atom is -0.380 e. The second kappa shape index (κ2) is 6.96. The standard InChI is InChI=1S/C19H26N4O3/c1-13-15(11-21-18(20)22-13)17(24)23-7-2-6-19(12-26-10-5-16(19)23)14-3-8-25-9-4-14/h3,11,16H,2,4-10,12H2,1H3,(H2,20,21,22)/t16-,19-/m0/s1. The molecule has 7 heteroatoms. The van der Waals surface area contributed by atoms with Crippen LogP contribution in [0, 0.1) is 12.3 Å². The van der Waals surface area contributed by atoms with Crippen molar-refractivity contribution >= 4 is 11.9 Å². The Bertz CT molecular complexity index is 731. The number of anilines is 1. The third-order valence-corrected chi connectivity index (χ3v) is 6.02. The van der Waals surface area contributed by atoms with Crippen LogP contribution in [0.5, 0.6) is 0 Å². The summed E-state index contributed by atoms with van der Waals surface area (Å²) in [6.45, 7) is 5.36. The molecular formula is C19H26N4O3. The zero-order valence-corrected chi connectivity index (χ0v) is 15.2. The molecule has 0 spiro atoms. The Morgan fingerprint density at radius 2 is 2.27 bits per heavy atom. The molecular weight excluding hydrogens is 332 g/mol. The highest BCUT2D eigenvalue weighted by atomic mass is 16.5. The quantitative estimate of drug-likeness (QED) is 0.810. The van der Waals surface area contributed by atoms with Crippen LogP contribution in [0.1, 0.15) is 41.7 Å². The van der Waals surface area contributed by atoms with Crippen molar-refractivity contribution in [1.82, 2.24) is 14.9 Å². The molecule has 0 bridgehead atoms. The highest BCUT2D eigenvalue weighted by Crippen LogP contribution is 2.48. The largest absolute Gasteiger partial charge is 0.380 e. The zero-order valence-electron chi connectivity index (χ0n) is 15.2. The van der Waals surface area contributed by atoms with Gasteiger partial charge < -0.3 is 20.1 Å². The molecule has 2 N–H and O–H groups in total. The van der Waals surface area contributed by atoms with Crippen LogP contribution >= 0.6 is 0 Å². The average molecular weight is 358 g/mol. The van der Waals surface area contributed by atoms with E-state index in [1.54, 1.807) is 6.20 Å². The van der Waals surface area contributed by atoms with Crippen LogP contribution in [-0.4, -0.2) is 59.8 Å². The lowest BCUT2D eigenvalue weighted by molar-refractivity contribution is -0.0739. The Labute approximate surface area is 153 Å². The van der Waals surface area contributed by atoms with Crippen LogP contribution in [0.2, 0.25) is 0 Å². The fraction of sp³-hybridized carbons (Fsp3) is 0.632. The lowest BCUT2D eigenvalue weighted by Gasteiger charge is -2.54. The number of amides is 1. The number of fused-ring (bicyclic) bond motifs is 1. The van der Waals surface area contributed by atoms with Gasteiger partial charge in [-0.2, -0.15) is 0 Å². The molecule has 1 aromatic heterocycles. The number of rotatable bonds is 2. The topological polar surface area (TPSA) is 90.6 Å². The number of carbonyl (C=O) groups is 1. The van der Waals surface area contributed by atoms with E-state index in [9.17, 15) is 4.79 Å². The molecule has 2 fully saturated rings. The number of nitrogens with two attached hydrogens (primary N) is 1. The van der Waals surface area contributed by atoms with E-state index in [1.807, 2.05) is 11.8 Å². The van der Waals surface area contributed by atoms with Gasteiger partial charge in [0.05, 0.1) is 31.1 Å². The van der Waals surface area contributed by atoms with Crippen molar-refractivity contribution in [3.63, 3.8) is 0 Å². The number of aromatic nitrogens is 2. The summed E-state index contributed by atoms with van der Waals surface area (Å²) < 4.78 is 11.4. The number of likely N-dealkylation sites (tertiary alicyclic amines) is 1. The van der Waals surface area contributed by atoms with E-state index in [4.69, 9.17) is 15.2 Å². The highest BCUT2D eigenvalue weighted by Gasteiger charge is 2.50. The van der Waals surface area contributed by atoms with E-state index >= 15 is 0 Å². The minimum atomic E-state index is -0.0848. The van der Waals surface area contributed by atoms with Gasteiger partial charge in [-0.25, -0.2) is 9.97 Å². The van der Waals surface area contributed by atoms with E-state index in [1.165, 1.54) is 5.57 Å². The molecule has 0 aliphatic carbocycles. The Balaban J connectivity index is 1.68. The number of carbonyl (C=O) groups excluding carboxylic acids is 1. The molecule has 4 rings (SSSR count). The number of hydrogen-bond acceptors (Lipinski definition) is 6. The monoisotopic (exact) mass is 358 g/mol. The second-order valence-corrected chi connectivity index (χ2v) is 7.40. The number of nitrogens with zero attached hydrogens (tertiary/aromatic N) is 3. The Morgan fingerprint density at radius 1 is 1.38 bits per heavy atom. The van der Waals surface area contributed by atoms with Crippen molar-refractivity contribution in [3.05, 3.63) is 29.1 Å². The van der Waals surface area contributed by atoms with Crippen molar-refractivity contribution in [2.75, 3.05) is 38.7 Å². The first-order valence-electron chi connectivity index (χ1n) is 9.37. The summed E-state index contributed by atoms with van der Waals surface area (Å²) in [5.41, 5.74) is 8.14. The average Bonchev–Trinajstić information content (AvgIpc) is 2.67. The van der Waals surface area contributed by atoms with E-state index in [2.05, 4.69) is 16.0 Å². The molecule has 2 saturated heterocycles. The van der Waals surface area contributed by atoms with Gasteiger partial charge in [0.2, 0.25) is 5.95 Å². The number of aryl methyl sites for hydroxylation is 1. The number of hydrogen-bond donors (Lipinski definition) is 1.